The topological polar surface area (TPSA) is 116 Å². The van der Waals surface area contributed by atoms with Crippen LogP contribution in [0.15, 0.2) is 45.4 Å². The minimum atomic E-state index is -0.566. The number of aromatic amines is 2. The Hall–Kier alpha value is -3.07. The Morgan fingerprint density at radius 1 is 1.32 bits per heavy atom. The monoisotopic (exact) mass is 357 g/mol. The van der Waals surface area contributed by atoms with E-state index in [1.807, 2.05) is 25.1 Å². The van der Waals surface area contributed by atoms with Crippen molar-refractivity contribution < 1.29 is 9.90 Å². The normalized spacial score (nSPS) is 11.4. The molecule has 8 nitrogen and oxygen atoms in total. The molecule has 1 amide bonds. The summed E-state index contributed by atoms with van der Waals surface area (Å²) >= 11 is 4.85. The molecular formula is C16H15N5O3S. The van der Waals surface area contributed by atoms with Crippen molar-refractivity contribution in [3.63, 3.8) is 0 Å². The second-order valence-corrected chi connectivity index (χ2v) is 5.73. The molecule has 9 heteroatoms. The largest absolute Gasteiger partial charge is 0.493 e. The number of amides is 1. The number of aromatic hydroxyl groups is 1. The molecule has 3 aromatic rings. The maximum Gasteiger partial charge on any atom is 0.270 e. The minimum Gasteiger partial charge on any atom is -0.493 e. The molecule has 3 N–H and O–H groups in total. The van der Waals surface area contributed by atoms with Crippen LogP contribution in [0.1, 0.15) is 12.6 Å². The number of hydrogen-bond acceptors (Lipinski definition) is 5. The van der Waals surface area contributed by atoms with E-state index >= 15 is 0 Å². The van der Waals surface area contributed by atoms with Gasteiger partial charge in [-0.25, -0.2) is 0 Å². The van der Waals surface area contributed by atoms with Gasteiger partial charge in [-0.3, -0.25) is 14.6 Å². The van der Waals surface area contributed by atoms with E-state index in [1.54, 1.807) is 10.6 Å². The Morgan fingerprint density at radius 3 is 2.80 bits per heavy atom. The zero-order valence-electron chi connectivity index (χ0n) is 13.3. The Balaban J connectivity index is 1.90. The number of hydrogen-bond donors (Lipinski definition) is 3. The number of aromatic nitrogens is 3. The fourth-order valence-electron chi connectivity index (χ4n) is 2.61. The van der Waals surface area contributed by atoms with Gasteiger partial charge in [-0.1, -0.05) is 18.2 Å². The Labute approximate surface area is 146 Å². The molecule has 0 saturated heterocycles. The molecule has 0 aliphatic heterocycles. The summed E-state index contributed by atoms with van der Waals surface area (Å²) in [4.78, 5) is 28.5. The fraction of sp³-hybridized carbons (Fsp3) is 0.188. The van der Waals surface area contributed by atoms with Crippen molar-refractivity contribution in [2.24, 2.45) is 10.2 Å². The quantitative estimate of drug-likeness (QED) is 0.492. The smallest absolute Gasteiger partial charge is 0.270 e. The lowest BCUT2D eigenvalue weighted by atomic mass is 10.2. The molecule has 0 radical (unpaired) electrons. The third kappa shape index (κ3) is 3.41. The molecule has 0 atom stereocenters. The van der Waals surface area contributed by atoms with E-state index in [1.165, 1.54) is 6.07 Å². The van der Waals surface area contributed by atoms with Crippen LogP contribution in [0, 0.1) is 4.77 Å². The van der Waals surface area contributed by atoms with Gasteiger partial charge in [0.15, 0.2) is 10.5 Å². The van der Waals surface area contributed by atoms with Crippen molar-refractivity contribution in [1.82, 2.24) is 14.5 Å². The van der Waals surface area contributed by atoms with Crippen molar-refractivity contribution in [1.29, 1.82) is 0 Å². The maximum absolute atomic E-state index is 12.0. The van der Waals surface area contributed by atoms with Crippen LogP contribution in [0.2, 0.25) is 0 Å². The van der Waals surface area contributed by atoms with Crippen LogP contribution in [0.25, 0.3) is 10.9 Å². The number of azo groups is 1. The summed E-state index contributed by atoms with van der Waals surface area (Å²) in [6.45, 7) is 2.45. The molecule has 25 heavy (non-hydrogen) atoms. The third-order valence-corrected chi connectivity index (χ3v) is 3.86. The number of aryl methyl sites for hydroxylation is 1. The number of benzene rings is 1. The Kier molecular flexibility index (Phi) is 4.57. The second-order valence-electron chi connectivity index (χ2n) is 5.32. The van der Waals surface area contributed by atoms with Gasteiger partial charge >= 0.3 is 0 Å². The lowest BCUT2D eigenvalue weighted by Gasteiger charge is -2.00. The standard InChI is InChI=1S/C16H15N5O3S/c1-2-21-11-6-4-3-5-10(11)14(15(21)24)20-19-13(23)8-9-7-12(22)18-16(25)17-9/h3-7,24H,2,8H2,1H3,(H2,17,18,22,25). The van der Waals surface area contributed by atoms with Crippen LogP contribution in [0.5, 0.6) is 5.88 Å². The molecule has 0 spiro atoms. The van der Waals surface area contributed by atoms with Gasteiger partial charge in [0.2, 0.25) is 5.88 Å². The Bertz CT molecular complexity index is 1060. The number of para-hydroxylation sites is 1. The van der Waals surface area contributed by atoms with E-state index in [4.69, 9.17) is 12.2 Å². The molecule has 2 aromatic heterocycles. The first-order valence-corrected chi connectivity index (χ1v) is 7.97. The van der Waals surface area contributed by atoms with E-state index in [2.05, 4.69) is 20.2 Å². The molecule has 0 unspecified atom stereocenters. The van der Waals surface area contributed by atoms with Gasteiger partial charge in [0.1, 0.15) is 0 Å². The number of carbonyl (C=O) groups is 1. The summed E-state index contributed by atoms with van der Waals surface area (Å²) in [5.41, 5.74) is 0.997. The number of carbonyl (C=O) groups excluding carboxylic acids is 1. The predicted octanol–water partition coefficient (Wildman–Crippen LogP) is 2.97. The number of nitrogens with zero attached hydrogens (tertiary/aromatic N) is 3. The van der Waals surface area contributed by atoms with Crippen molar-refractivity contribution in [3.05, 3.63) is 51.2 Å². The maximum atomic E-state index is 12.0. The van der Waals surface area contributed by atoms with Crippen LogP contribution in [0.3, 0.4) is 0 Å². The molecule has 0 fully saturated rings. The first-order chi connectivity index (χ1) is 12.0. The highest BCUT2D eigenvalue weighted by Crippen LogP contribution is 2.38. The van der Waals surface area contributed by atoms with E-state index in [0.717, 1.165) is 5.52 Å². The highest BCUT2D eigenvalue weighted by Gasteiger charge is 2.15. The minimum absolute atomic E-state index is 0.0455. The van der Waals surface area contributed by atoms with Crippen LogP contribution >= 0.6 is 12.2 Å². The van der Waals surface area contributed by atoms with Gasteiger partial charge in [0.25, 0.3) is 11.5 Å². The average Bonchev–Trinajstić information content (AvgIpc) is 2.83. The molecule has 128 valence electrons. The van der Waals surface area contributed by atoms with Crippen molar-refractivity contribution in [2.45, 2.75) is 19.9 Å². The Morgan fingerprint density at radius 2 is 2.08 bits per heavy atom. The molecule has 0 saturated carbocycles. The summed E-state index contributed by atoms with van der Waals surface area (Å²) in [7, 11) is 0. The average molecular weight is 357 g/mol. The first kappa shape index (κ1) is 16.8. The van der Waals surface area contributed by atoms with Crippen molar-refractivity contribution in [2.75, 3.05) is 0 Å². The lowest BCUT2D eigenvalue weighted by molar-refractivity contribution is -0.117. The van der Waals surface area contributed by atoms with Crippen molar-refractivity contribution in [3.8, 4) is 5.88 Å². The predicted molar refractivity (Wildman–Crippen MR) is 94.8 cm³/mol. The number of rotatable bonds is 4. The fourth-order valence-corrected chi connectivity index (χ4v) is 2.84. The van der Waals surface area contributed by atoms with Crippen LogP contribution in [-0.4, -0.2) is 25.5 Å². The summed E-state index contributed by atoms with van der Waals surface area (Å²) in [6, 6.07) is 8.57. The first-order valence-electron chi connectivity index (χ1n) is 7.57. The van der Waals surface area contributed by atoms with Gasteiger partial charge < -0.3 is 14.7 Å². The van der Waals surface area contributed by atoms with Crippen molar-refractivity contribution >= 4 is 34.7 Å². The summed E-state index contributed by atoms with van der Waals surface area (Å²) in [6.07, 6.45) is -0.149. The van der Waals surface area contributed by atoms with E-state index in [0.29, 0.717) is 17.6 Å². The summed E-state index contributed by atoms with van der Waals surface area (Å²) < 4.78 is 1.82. The molecule has 0 aliphatic rings. The number of H-pyrrole nitrogens is 2. The molecule has 1 aromatic carbocycles. The highest BCUT2D eigenvalue weighted by molar-refractivity contribution is 7.71. The number of fused-ring (bicyclic) bond motifs is 1. The summed E-state index contributed by atoms with van der Waals surface area (Å²) in [5, 5.41) is 18.6. The number of nitrogens with one attached hydrogen (secondary N) is 2. The molecule has 2 heterocycles. The van der Waals surface area contributed by atoms with Crippen LogP contribution < -0.4 is 5.56 Å². The van der Waals surface area contributed by atoms with E-state index < -0.39 is 11.5 Å². The van der Waals surface area contributed by atoms with Gasteiger partial charge in [0.05, 0.1) is 11.9 Å². The molecule has 3 rings (SSSR count). The van der Waals surface area contributed by atoms with Crippen LogP contribution in [-0.2, 0) is 17.8 Å². The molecule has 0 bridgehead atoms. The summed E-state index contributed by atoms with van der Waals surface area (Å²) in [5.74, 6) is -0.611. The second kappa shape index (κ2) is 6.81. The lowest BCUT2D eigenvalue weighted by Crippen LogP contribution is -2.10. The zero-order valence-corrected chi connectivity index (χ0v) is 14.1. The van der Waals surface area contributed by atoms with Gasteiger partial charge in [0, 0.05) is 23.7 Å². The zero-order chi connectivity index (χ0) is 18.0. The SMILES string of the molecule is CCn1c(O)c(N=NC(=O)Cc2cc(=O)[nH]c(=S)[nH]2)c2ccccc21. The van der Waals surface area contributed by atoms with Gasteiger partial charge in [-0.05, 0) is 25.2 Å². The molecular weight excluding hydrogens is 342 g/mol. The van der Waals surface area contributed by atoms with E-state index in [-0.39, 0.29) is 22.8 Å². The molecule has 0 aliphatic carbocycles. The van der Waals surface area contributed by atoms with Gasteiger partial charge in [-0.2, -0.15) is 0 Å². The van der Waals surface area contributed by atoms with Gasteiger partial charge in [-0.15, -0.1) is 10.2 Å². The third-order valence-electron chi connectivity index (χ3n) is 3.65. The van der Waals surface area contributed by atoms with E-state index in [9.17, 15) is 14.7 Å². The highest BCUT2D eigenvalue weighted by atomic mass is 32.1. The van der Waals surface area contributed by atoms with Crippen LogP contribution in [0.4, 0.5) is 5.69 Å².